The number of benzene rings is 2. The van der Waals surface area contributed by atoms with E-state index in [1.807, 2.05) is 18.2 Å². The van der Waals surface area contributed by atoms with Gasteiger partial charge >= 0.3 is 6.61 Å². The highest BCUT2D eigenvalue weighted by Gasteiger charge is 2.24. The van der Waals surface area contributed by atoms with Crippen LogP contribution in [0.4, 0.5) is 14.5 Å². The fourth-order valence-electron chi connectivity index (χ4n) is 3.59. The van der Waals surface area contributed by atoms with Gasteiger partial charge in [0.1, 0.15) is 0 Å². The van der Waals surface area contributed by atoms with E-state index in [2.05, 4.69) is 39.2 Å². The second-order valence-electron chi connectivity index (χ2n) is 7.55. The van der Waals surface area contributed by atoms with E-state index >= 15 is 0 Å². The van der Waals surface area contributed by atoms with Crippen molar-refractivity contribution in [2.24, 2.45) is 5.92 Å². The normalized spacial score (nSPS) is 19.0. The van der Waals surface area contributed by atoms with E-state index in [4.69, 9.17) is 4.74 Å². The largest absolute Gasteiger partial charge is 0.489 e. The Bertz CT molecular complexity index is 775. The lowest BCUT2D eigenvalue weighted by Crippen LogP contribution is -2.51. The molecule has 1 N–H and O–H groups in total. The Morgan fingerprint density at radius 1 is 1.07 bits per heavy atom. The molecule has 1 aliphatic heterocycles. The van der Waals surface area contributed by atoms with E-state index in [9.17, 15) is 8.78 Å². The van der Waals surface area contributed by atoms with Gasteiger partial charge in [-0.25, -0.2) is 0 Å². The van der Waals surface area contributed by atoms with Crippen molar-refractivity contribution in [2.75, 3.05) is 31.1 Å². The lowest BCUT2D eigenvalue weighted by Gasteiger charge is -2.35. The van der Waals surface area contributed by atoms with Crippen molar-refractivity contribution < 1.29 is 18.3 Å². The van der Waals surface area contributed by atoms with Gasteiger partial charge in [-0.05, 0) is 42.9 Å². The summed E-state index contributed by atoms with van der Waals surface area (Å²) in [6.45, 7) is 0.296. The molecule has 1 saturated carbocycles. The molecule has 1 heterocycles. The average molecular weight is 425 g/mol. The van der Waals surface area contributed by atoms with E-state index in [0.29, 0.717) is 24.3 Å². The molecule has 0 bridgehead atoms. The highest BCUT2D eigenvalue weighted by atomic mass is 35.5. The van der Waals surface area contributed by atoms with Gasteiger partial charge in [0, 0.05) is 37.4 Å². The molecular formula is C22H27ClF2N2O2. The number of hydrogen-bond acceptors (Lipinski definition) is 4. The summed E-state index contributed by atoms with van der Waals surface area (Å²) in [6.07, 6.45) is 3.24. The summed E-state index contributed by atoms with van der Waals surface area (Å²) in [5.74, 6) is 1.05. The van der Waals surface area contributed by atoms with Crippen LogP contribution in [0.2, 0.25) is 0 Å². The fourth-order valence-corrected chi connectivity index (χ4v) is 3.59. The summed E-state index contributed by atoms with van der Waals surface area (Å²) in [6, 6.07) is 16.0. The zero-order valence-corrected chi connectivity index (χ0v) is 17.0. The highest BCUT2D eigenvalue weighted by Crippen LogP contribution is 2.36. The number of nitrogens with zero attached hydrogens (tertiary/aromatic N) is 1. The molecule has 4 nitrogen and oxygen atoms in total. The maximum absolute atomic E-state index is 12.7. The van der Waals surface area contributed by atoms with Gasteiger partial charge in [0.15, 0.2) is 11.5 Å². The minimum Gasteiger partial charge on any atom is -0.489 e. The summed E-state index contributed by atoms with van der Waals surface area (Å²) in [5, 5.41) is 3.57. The van der Waals surface area contributed by atoms with E-state index in [1.165, 1.54) is 5.56 Å². The number of hydrogen-bond donors (Lipinski definition) is 1. The first kappa shape index (κ1) is 21.7. The van der Waals surface area contributed by atoms with Gasteiger partial charge < -0.3 is 19.7 Å². The zero-order valence-electron chi connectivity index (χ0n) is 16.2. The van der Waals surface area contributed by atoms with E-state index in [-0.39, 0.29) is 18.2 Å². The van der Waals surface area contributed by atoms with Gasteiger partial charge in [-0.15, -0.1) is 12.4 Å². The SMILES string of the molecule is Cl.FC(F)Oc1ccc(N2CCNC(Cc3ccccc3)C2)cc1OCC1CC1. The number of halogens is 3. The van der Waals surface area contributed by atoms with Crippen LogP contribution in [0, 0.1) is 5.92 Å². The molecular weight excluding hydrogens is 398 g/mol. The van der Waals surface area contributed by atoms with Crippen LogP contribution >= 0.6 is 12.4 Å². The van der Waals surface area contributed by atoms with Crippen LogP contribution in [-0.4, -0.2) is 38.9 Å². The first-order valence-electron chi connectivity index (χ1n) is 9.91. The number of rotatable bonds is 8. The molecule has 7 heteroatoms. The van der Waals surface area contributed by atoms with Gasteiger partial charge in [-0.1, -0.05) is 30.3 Å². The molecule has 1 saturated heterocycles. The Hall–Kier alpha value is -2.05. The van der Waals surface area contributed by atoms with Crippen LogP contribution < -0.4 is 19.7 Å². The van der Waals surface area contributed by atoms with Crippen molar-refractivity contribution >= 4 is 18.1 Å². The van der Waals surface area contributed by atoms with Crippen LogP contribution in [0.25, 0.3) is 0 Å². The number of anilines is 1. The molecule has 2 aromatic carbocycles. The molecule has 158 valence electrons. The van der Waals surface area contributed by atoms with Crippen LogP contribution in [0.1, 0.15) is 18.4 Å². The summed E-state index contributed by atoms with van der Waals surface area (Å²) in [5.41, 5.74) is 2.28. The molecule has 0 amide bonds. The van der Waals surface area contributed by atoms with Gasteiger partial charge in [0.05, 0.1) is 6.61 Å². The molecule has 0 aromatic heterocycles. The van der Waals surface area contributed by atoms with Gasteiger partial charge in [0.2, 0.25) is 0 Å². The number of piperazine rings is 1. The van der Waals surface area contributed by atoms with Crippen molar-refractivity contribution in [3.8, 4) is 11.5 Å². The highest BCUT2D eigenvalue weighted by molar-refractivity contribution is 5.85. The Morgan fingerprint density at radius 3 is 2.59 bits per heavy atom. The minimum absolute atomic E-state index is 0. The molecule has 1 unspecified atom stereocenters. The third-order valence-corrected chi connectivity index (χ3v) is 5.26. The lowest BCUT2D eigenvalue weighted by molar-refractivity contribution is -0.0515. The Balaban J connectivity index is 0.00000240. The average Bonchev–Trinajstić information content (AvgIpc) is 3.52. The predicted molar refractivity (Wildman–Crippen MR) is 113 cm³/mol. The summed E-state index contributed by atoms with van der Waals surface area (Å²) in [7, 11) is 0. The van der Waals surface area contributed by atoms with Crippen LogP contribution in [0.3, 0.4) is 0 Å². The molecule has 29 heavy (non-hydrogen) atoms. The fraction of sp³-hybridized carbons (Fsp3) is 0.455. The van der Waals surface area contributed by atoms with E-state index in [1.54, 1.807) is 6.07 Å². The summed E-state index contributed by atoms with van der Waals surface area (Å²) >= 11 is 0. The minimum atomic E-state index is -2.86. The number of ether oxygens (including phenoxy) is 2. The third-order valence-electron chi connectivity index (χ3n) is 5.26. The van der Waals surface area contributed by atoms with Crippen LogP contribution in [0.15, 0.2) is 48.5 Å². The maximum Gasteiger partial charge on any atom is 0.387 e. The molecule has 0 spiro atoms. The van der Waals surface area contributed by atoms with Crippen molar-refractivity contribution in [1.29, 1.82) is 0 Å². The van der Waals surface area contributed by atoms with Crippen molar-refractivity contribution in [3.63, 3.8) is 0 Å². The molecule has 1 aliphatic carbocycles. The standard InChI is InChI=1S/C22H26F2N2O2.ClH/c23-22(24)28-20-9-8-19(13-21(20)27-15-17-6-7-17)26-11-10-25-18(14-26)12-16-4-2-1-3-5-16;/h1-5,8-9,13,17-18,22,25H,6-7,10-12,14-15H2;1H. The first-order valence-corrected chi connectivity index (χ1v) is 9.91. The van der Waals surface area contributed by atoms with Crippen LogP contribution in [-0.2, 0) is 6.42 Å². The first-order chi connectivity index (χ1) is 13.7. The van der Waals surface area contributed by atoms with E-state index < -0.39 is 6.61 Å². The van der Waals surface area contributed by atoms with Gasteiger partial charge in [0.25, 0.3) is 0 Å². The van der Waals surface area contributed by atoms with Gasteiger partial charge in [-0.2, -0.15) is 8.78 Å². The second kappa shape index (κ2) is 10.1. The number of nitrogens with one attached hydrogen (secondary N) is 1. The summed E-state index contributed by atoms with van der Waals surface area (Å²) < 4.78 is 35.9. The van der Waals surface area contributed by atoms with Crippen molar-refractivity contribution in [3.05, 3.63) is 54.1 Å². The molecule has 0 radical (unpaired) electrons. The maximum atomic E-state index is 12.7. The quantitative estimate of drug-likeness (QED) is 0.675. The Morgan fingerprint density at radius 2 is 1.86 bits per heavy atom. The Kier molecular flexibility index (Phi) is 7.56. The lowest BCUT2D eigenvalue weighted by atomic mass is 10.0. The van der Waals surface area contributed by atoms with Crippen molar-refractivity contribution in [2.45, 2.75) is 31.9 Å². The smallest absolute Gasteiger partial charge is 0.387 e. The van der Waals surface area contributed by atoms with E-state index in [0.717, 1.165) is 44.6 Å². The topological polar surface area (TPSA) is 33.7 Å². The molecule has 2 aromatic rings. The third kappa shape index (κ3) is 6.21. The molecule has 4 rings (SSSR count). The van der Waals surface area contributed by atoms with Crippen LogP contribution in [0.5, 0.6) is 11.5 Å². The summed E-state index contributed by atoms with van der Waals surface area (Å²) in [4.78, 5) is 2.28. The predicted octanol–water partition coefficient (Wildman–Crippen LogP) is 4.52. The monoisotopic (exact) mass is 424 g/mol. The Labute approximate surface area is 176 Å². The molecule has 2 aliphatic rings. The number of alkyl halides is 2. The van der Waals surface area contributed by atoms with Gasteiger partial charge in [-0.3, -0.25) is 0 Å². The zero-order chi connectivity index (χ0) is 19.3. The van der Waals surface area contributed by atoms with Crippen molar-refractivity contribution in [1.82, 2.24) is 5.32 Å². The molecule has 2 fully saturated rings. The second-order valence-corrected chi connectivity index (χ2v) is 7.55. The molecule has 1 atom stereocenters.